The zero-order valence-corrected chi connectivity index (χ0v) is 12.0. The van der Waals surface area contributed by atoms with Gasteiger partial charge in [0.05, 0.1) is 24.2 Å². The van der Waals surface area contributed by atoms with Crippen molar-refractivity contribution >= 4 is 0 Å². The molecule has 2 heteroatoms. The molecule has 2 nitrogen and oxygen atoms in total. The third-order valence-corrected chi connectivity index (χ3v) is 4.41. The molecule has 104 valence electrons. The molecular weight excluding hydrogens is 248 g/mol. The first-order valence-corrected chi connectivity index (χ1v) is 6.99. The van der Waals surface area contributed by atoms with Crippen LogP contribution >= 0.6 is 0 Å². The Morgan fingerprint density at radius 3 is 1.90 bits per heavy atom. The second kappa shape index (κ2) is 4.72. The number of hydrogen-bond donors (Lipinski definition) is 1. The van der Waals surface area contributed by atoms with Crippen LogP contribution in [0.25, 0.3) is 11.1 Å². The third kappa shape index (κ3) is 2.05. The van der Waals surface area contributed by atoms with Crippen LogP contribution in [0.5, 0.6) is 0 Å². The van der Waals surface area contributed by atoms with E-state index in [2.05, 4.69) is 36.4 Å². The Morgan fingerprint density at radius 2 is 1.45 bits per heavy atom. The number of rotatable bonds is 3. The van der Waals surface area contributed by atoms with E-state index in [4.69, 9.17) is 4.74 Å². The lowest BCUT2D eigenvalue weighted by Gasteiger charge is -2.50. The molecule has 0 amide bonds. The first-order valence-electron chi connectivity index (χ1n) is 6.99. The largest absolute Gasteiger partial charge is 0.389 e. The summed E-state index contributed by atoms with van der Waals surface area (Å²) < 4.78 is 5.37. The quantitative estimate of drug-likeness (QED) is 0.924. The molecule has 3 rings (SSSR count). The Balaban J connectivity index is 1.94. The summed E-state index contributed by atoms with van der Waals surface area (Å²) in [5.41, 5.74) is 2.50. The molecule has 0 spiro atoms. The standard InChI is InChI=1S/C18H20O2/c1-17(2,19)18(12-20-13-18)16-10-8-15(9-11-16)14-6-4-3-5-7-14/h3-11,19H,12-13H2,1-2H3. The van der Waals surface area contributed by atoms with Gasteiger partial charge in [-0.25, -0.2) is 0 Å². The van der Waals surface area contributed by atoms with Gasteiger partial charge >= 0.3 is 0 Å². The molecule has 1 aliphatic rings. The highest BCUT2D eigenvalue weighted by atomic mass is 16.5. The summed E-state index contributed by atoms with van der Waals surface area (Å²) in [7, 11) is 0. The molecule has 1 fully saturated rings. The summed E-state index contributed by atoms with van der Waals surface area (Å²) in [5, 5.41) is 10.4. The van der Waals surface area contributed by atoms with E-state index in [1.54, 1.807) is 0 Å². The first-order chi connectivity index (χ1) is 9.53. The molecule has 1 aliphatic heterocycles. The highest BCUT2D eigenvalue weighted by Crippen LogP contribution is 2.42. The molecule has 0 atom stereocenters. The van der Waals surface area contributed by atoms with Gasteiger partial charge in [-0.3, -0.25) is 0 Å². The van der Waals surface area contributed by atoms with Crippen molar-refractivity contribution < 1.29 is 9.84 Å². The smallest absolute Gasteiger partial charge is 0.0732 e. The molecule has 0 aromatic heterocycles. The van der Waals surface area contributed by atoms with Crippen LogP contribution in [0.1, 0.15) is 19.4 Å². The molecule has 1 N–H and O–H groups in total. The van der Waals surface area contributed by atoms with Crippen molar-refractivity contribution in [1.29, 1.82) is 0 Å². The van der Waals surface area contributed by atoms with E-state index in [9.17, 15) is 5.11 Å². The predicted molar refractivity (Wildman–Crippen MR) is 80.7 cm³/mol. The molecule has 0 bridgehead atoms. The van der Waals surface area contributed by atoms with Crippen LogP contribution in [0.2, 0.25) is 0 Å². The topological polar surface area (TPSA) is 29.5 Å². The van der Waals surface area contributed by atoms with Crippen molar-refractivity contribution in [2.75, 3.05) is 13.2 Å². The van der Waals surface area contributed by atoms with Crippen LogP contribution in [0.3, 0.4) is 0 Å². The van der Waals surface area contributed by atoms with Gasteiger partial charge in [0.25, 0.3) is 0 Å². The zero-order chi connectivity index (χ0) is 14.2. The molecule has 0 saturated carbocycles. The SMILES string of the molecule is CC(C)(O)C1(c2ccc(-c3ccccc3)cc2)COC1. The zero-order valence-electron chi connectivity index (χ0n) is 12.0. The van der Waals surface area contributed by atoms with Crippen molar-refractivity contribution in [3.05, 3.63) is 60.2 Å². The van der Waals surface area contributed by atoms with E-state index < -0.39 is 5.60 Å². The lowest BCUT2D eigenvalue weighted by atomic mass is 9.67. The maximum Gasteiger partial charge on any atom is 0.0732 e. The lowest BCUT2D eigenvalue weighted by Crippen LogP contribution is -2.60. The highest BCUT2D eigenvalue weighted by Gasteiger charge is 2.51. The van der Waals surface area contributed by atoms with Gasteiger partial charge in [0, 0.05) is 0 Å². The summed E-state index contributed by atoms with van der Waals surface area (Å²) in [6.07, 6.45) is 0. The molecule has 0 radical (unpaired) electrons. The monoisotopic (exact) mass is 268 g/mol. The third-order valence-electron chi connectivity index (χ3n) is 4.41. The summed E-state index contributed by atoms with van der Waals surface area (Å²) in [6, 6.07) is 18.8. The number of hydrogen-bond acceptors (Lipinski definition) is 2. The molecule has 1 heterocycles. The number of benzene rings is 2. The van der Waals surface area contributed by atoms with E-state index in [0.717, 1.165) is 5.56 Å². The molecule has 2 aromatic carbocycles. The van der Waals surface area contributed by atoms with Gasteiger partial charge in [-0.2, -0.15) is 0 Å². The van der Waals surface area contributed by atoms with Crippen molar-refractivity contribution in [3.63, 3.8) is 0 Å². The van der Waals surface area contributed by atoms with Gasteiger partial charge < -0.3 is 9.84 Å². The molecule has 1 saturated heterocycles. The summed E-state index contributed by atoms with van der Waals surface area (Å²) in [6.45, 7) is 4.89. The van der Waals surface area contributed by atoms with Gasteiger partial charge in [-0.15, -0.1) is 0 Å². The Morgan fingerprint density at radius 1 is 0.900 bits per heavy atom. The summed E-state index contributed by atoms with van der Waals surface area (Å²) in [5.74, 6) is 0. The van der Waals surface area contributed by atoms with Crippen LogP contribution in [0.4, 0.5) is 0 Å². The van der Waals surface area contributed by atoms with Crippen molar-refractivity contribution in [2.24, 2.45) is 0 Å². The van der Waals surface area contributed by atoms with Crippen LogP contribution in [0, 0.1) is 0 Å². The van der Waals surface area contributed by atoms with E-state index in [-0.39, 0.29) is 5.41 Å². The van der Waals surface area contributed by atoms with Gasteiger partial charge in [-0.1, -0.05) is 54.6 Å². The van der Waals surface area contributed by atoms with Crippen molar-refractivity contribution in [2.45, 2.75) is 24.9 Å². The minimum absolute atomic E-state index is 0.276. The van der Waals surface area contributed by atoms with Crippen LogP contribution in [-0.4, -0.2) is 23.9 Å². The van der Waals surface area contributed by atoms with E-state index in [1.165, 1.54) is 11.1 Å². The molecule has 20 heavy (non-hydrogen) atoms. The first kappa shape index (κ1) is 13.3. The second-order valence-electron chi connectivity index (χ2n) is 6.08. The van der Waals surface area contributed by atoms with Gasteiger partial charge in [0.15, 0.2) is 0 Å². The average Bonchev–Trinajstić information content (AvgIpc) is 2.37. The minimum atomic E-state index is -0.778. The van der Waals surface area contributed by atoms with Crippen molar-refractivity contribution in [1.82, 2.24) is 0 Å². The van der Waals surface area contributed by atoms with Crippen LogP contribution < -0.4 is 0 Å². The molecule has 0 aliphatic carbocycles. The highest BCUT2D eigenvalue weighted by molar-refractivity contribution is 5.63. The van der Waals surface area contributed by atoms with Gasteiger partial charge in [0.1, 0.15) is 0 Å². The Bertz CT molecular complexity index is 575. The van der Waals surface area contributed by atoms with Crippen molar-refractivity contribution in [3.8, 4) is 11.1 Å². The predicted octanol–water partition coefficient (Wildman–Crippen LogP) is 3.39. The fraction of sp³-hybridized carbons (Fsp3) is 0.333. The van der Waals surface area contributed by atoms with E-state index >= 15 is 0 Å². The Kier molecular flexibility index (Phi) is 3.15. The minimum Gasteiger partial charge on any atom is -0.389 e. The van der Waals surface area contributed by atoms with Gasteiger partial charge in [0.2, 0.25) is 0 Å². The van der Waals surface area contributed by atoms with Crippen LogP contribution in [-0.2, 0) is 10.2 Å². The maximum atomic E-state index is 10.4. The van der Waals surface area contributed by atoms with Gasteiger partial charge in [-0.05, 0) is 30.5 Å². The Hall–Kier alpha value is -1.64. The van der Waals surface area contributed by atoms with E-state index in [1.807, 2.05) is 32.0 Å². The summed E-state index contributed by atoms with van der Waals surface area (Å²) >= 11 is 0. The number of aliphatic hydroxyl groups is 1. The Labute approximate surface area is 120 Å². The fourth-order valence-corrected chi connectivity index (χ4v) is 2.79. The molecular formula is C18H20O2. The normalized spacial score (nSPS) is 17.6. The summed E-state index contributed by atoms with van der Waals surface area (Å²) in [4.78, 5) is 0. The molecule has 0 unspecified atom stereocenters. The second-order valence-corrected chi connectivity index (χ2v) is 6.08. The van der Waals surface area contributed by atoms with Crippen LogP contribution in [0.15, 0.2) is 54.6 Å². The average molecular weight is 268 g/mol. The maximum absolute atomic E-state index is 10.4. The fourth-order valence-electron chi connectivity index (χ4n) is 2.79. The lowest BCUT2D eigenvalue weighted by molar-refractivity contribution is -0.157. The van der Waals surface area contributed by atoms with E-state index in [0.29, 0.717) is 13.2 Å². The number of ether oxygens (including phenoxy) is 1. The molecule has 2 aromatic rings.